The Balaban J connectivity index is 1.16. The number of nitrogens with zero attached hydrogens (tertiary/aromatic N) is 4. The molecule has 10 atom stereocenters. The predicted molar refractivity (Wildman–Crippen MR) is 228 cm³/mol. The number of carbonyl (C=O) groups is 4. The molecule has 366 valence electrons. The molecule has 2 aromatic heterocycles. The Labute approximate surface area is 376 Å². The van der Waals surface area contributed by atoms with E-state index in [0.717, 1.165) is 35.4 Å². The highest BCUT2D eigenvalue weighted by molar-refractivity contribution is 8.13. The second kappa shape index (κ2) is 23.8. The van der Waals surface area contributed by atoms with Gasteiger partial charge in [-0.1, -0.05) is 44.7 Å². The number of fused-ring (bicyclic) bond motifs is 1. The minimum absolute atomic E-state index is 0.0134. The predicted octanol–water partition coefficient (Wildman–Crippen LogP) is 0.757. The number of rotatable bonds is 26. The molecule has 2 aromatic rings. The number of ether oxygens (including phenoxy) is 1. The van der Waals surface area contributed by atoms with Crippen molar-refractivity contribution in [2.45, 2.75) is 102 Å². The molecule has 2 amide bonds. The number of hydrogen-bond donors (Lipinski definition) is 10. The molecular weight excluding hydrogens is 947 g/mol. The molecule has 1 aliphatic heterocycles. The molecule has 65 heavy (non-hydrogen) atoms. The molecule has 2 aliphatic rings. The van der Waals surface area contributed by atoms with E-state index in [1.165, 1.54) is 13.8 Å². The van der Waals surface area contributed by atoms with Crippen LogP contribution in [0.15, 0.2) is 24.8 Å². The number of anilines is 1. The van der Waals surface area contributed by atoms with Gasteiger partial charge in [-0.15, -0.1) is 0 Å². The first-order valence-corrected chi connectivity index (χ1v) is 25.7. The van der Waals surface area contributed by atoms with Crippen molar-refractivity contribution in [2.75, 3.05) is 37.8 Å². The monoisotopic (exact) mass is 1000 g/mol. The maximum Gasteiger partial charge on any atom is 0.481 e. The number of ketones is 1. The molecule has 26 nitrogen and oxygen atoms in total. The molecule has 3 unspecified atom stereocenters. The molecule has 0 spiro atoms. The van der Waals surface area contributed by atoms with Crippen LogP contribution in [0.5, 0.6) is 0 Å². The zero-order valence-electron chi connectivity index (χ0n) is 35.6. The number of phosphoric acid groups is 3. The van der Waals surface area contributed by atoms with E-state index in [1.54, 1.807) is 0 Å². The van der Waals surface area contributed by atoms with E-state index in [9.17, 15) is 67.8 Å². The molecule has 2 fully saturated rings. The van der Waals surface area contributed by atoms with Crippen LogP contribution in [0.4, 0.5) is 5.82 Å². The van der Waals surface area contributed by atoms with Crippen LogP contribution in [0.25, 0.3) is 11.2 Å². The average molecular weight is 1000 g/mol. The van der Waals surface area contributed by atoms with Gasteiger partial charge in [0, 0.05) is 49.4 Å². The highest BCUT2D eigenvalue weighted by Gasteiger charge is 2.50. The van der Waals surface area contributed by atoms with Crippen LogP contribution in [0.2, 0.25) is 0 Å². The molecule has 1 aliphatic carbocycles. The Kier molecular flexibility index (Phi) is 20.0. The number of carbonyl (C=O) groups excluding carboxylic acids is 4. The SMILES string of the molecule is CC/C=C\C[C@@H]1C(=O)CC[C@@H]1CC(O)CC(=O)SCCNC(=O)CCNC(=O)[C@H](O)C(C)(C)COP(=O)(O)OP(=O)(O)OC[C@H]1O[C@@H](n2cnc3c(N)ncnc32)[C@H](O)[C@@H]1OP(=O)(O)O. The van der Waals surface area contributed by atoms with E-state index in [-0.39, 0.29) is 71.4 Å². The van der Waals surface area contributed by atoms with Crippen molar-refractivity contribution < 1.29 is 90.4 Å². The Bertz CT molecular complexity index is 2160. The summed E-state index contributed by atoms with van der Waals surface area (Å²) in [4.78, 5) is 101. The van der Waals surface area contributed by atoms with Crippen LogP contribution in [0.1, 0.15) is 71.9 Å². The number of hydrogen-bond acceptors (Lipinski definition) is 20. The summed E-state index contributed by atoms with van der Waals surface area (Å²) < 4.78 is 62.3. The van der Waals surface area contributed by atoms with Crippen molar-refractivity contribution in [1.29, 1.82) is 0 Å². The van der Waals surface area contributed by atoms with E-state index in [2.05, 4.69) is 34.4 Å². The summed E-state index contributed by atoms with van der Waals surface area (Å²) in [6, 6.07) is 0. The van der Waals surface area contributed by atoms with E-state index in [0.29, 0.717) is 25.7 Å². The van der Waals surface area contributed by atoms with Gasteiger partial charge in [-0.05, 0) is 31.6 Å². The number of imidazole rings is 1. The fraction of sp³-hybridized carbons (Fsp3) is 0.686. The van der Waals surface area contributed by atoms with Gasteiger partial charge in [-0.25, -0.2) is 28.6 Å². The number of thioether (sulfide) groups is 1. The van der Waals surface area contributed by atoms with Crippen LogP contribution < -0.4 is 16.4 Å². The van der Waals surface area contributed by atoms with Crippen LogP contribution in [0, 0.1) is 17.3 Å². The van der Waals surface area contributed by atoms with Crippen LogP contribution in [-0.2, 0) is 55.5 Å². The van der Waals surface area contributed by atoms with Crippen molar-refractivity contribution in [3.05, 3.63) is 24.8 Å². The van der Waals surface area contributed by atoms with Crippen molar-refractivity contribution in [1.82, 2.24) is 30.2 Å². The number of amides is 2. The second-order valence-corrected chi connectivity index (χ2v) is 21.3. The summed E-state index contributed by atoms with van der Waals surface area (Å²) in [6.07, 6.45) is -1.10. The quantitative estimate of drug-likeness (QED) is 0.0353. The lowest BCUT2D eigenvalue weighted by Crippen LogP contribution is -2.46. The van der Waals surface area contributed by atoms with Gasteiger partial charge in [0.2, 0.25) is 11.8 Å². The zero-order chi connectivity index (χ0) is 48.3. The summed E-state index contributed by atoms with van der Waals surface area (Å²) in [7, 11) is -16.5. The Morgan fingerprint density at radius 3 is 2.46 bits per heavy atom. The first kappa shape index (κ1) is 54.5. The summed E-state index contributed by atoms with van der Waals surface area (Å²) in [5.74, 6) is -1.30. The maximum absolute atomic E-state index is 12.7. The topological polar surface area (TPSA) is 401 Å². The molecule has 3 heterocycles. The molecule has 0 radical (unpaired) electrons. The summed E-state index contributed by atoms with van der Waals surface area (Å²) in [6.45, 7) is 2.27. The molecule has 1 saturated heterocycles. The third-order valence-electron chi connectivity index (χ3n) is 10.3. The van der Waals surface area contributed by atoms with Gasteiger partial charge in [0.15, 0.2) is 22.8 Å². The number of aliphatic hydroxyl groups excluding tert-OH is 3. The summed E-state index contributed by atoms with van der Waals surface area (Å²) in [5, 5.41) is 36.7. The van der Waals surface area contributed by atoms with Gasteiger partial charge >= 0.3 is 23.5 Å². The molecule has 30 heteroatoms. The first-order chi connectivity index (χ1) is 30.3. The lowest BCUT2D eigenvalue weighted by Gasteiger charge is -2.30. The zero-order valence-corrected chi connectivity index (χ0v) is 39.1. The van der Waals surface area contributed by atoms with Crippen molar-refractivity contribution >= 4 is 74.9 Å². The fourth-order valence-electron chi connectivity index (χ4n) is 6.97. The molecule has 0 bridgehead atoms. The number of Topliss-reactive ketones (excluding diaryl/α,β-unsaturated/α-hetero) is 1. The van der Waals surface area contributed by atoms with Crippen LogP contribution >= 0.6 is 35.2 Å². The summed E-state index contributed by atoms with van der Waals surface area (Å²) >= 11 is 0.937. The van der Waals surface area contributed by atoms with Gasteiger partial charge in [0.05, 0.1) is 25.6 Å². The van der Waals surface area contributed by atoms with Gasteiger partial charge in [0.1, 0.15) is 42.0 Å². The Morgan fingerprint density at radius 1 is 1.06 bits per heavy atom. The van der Waals surface area contributed by atoms with Gasteiger partial charge in [-0.2, -0.15) is 4.31 Å². The lowest BCUT2D eigenvalue weighted by molar-refractivity contribution is -0.137. The number of nitrogens with two attached hydrogens (primary N) is 1. The smallest absolute Gasteiger partial charge is 0.393 e. The van der Waals surface area contributed by atoms with Crippen molar-refractivity contribution in [3.63, 3.8) is 0 Å². The molecule has 11 N–H and O–H groups in total. The minimum Gasteiger partial charge on any atom is -0.393 e. The van der Waals surface area contributed by atoms with Crippen molar-refractivity contribution in [2.24, 2.45) is 17.3 Å². The van der Waals surface area contributed by atoms with Crippen LogP contribution in [-0.4, -0.2) is 140 Å². The second-order valence-electron chi connectivity index (χ2n) is 15.9. The number of aliphatic hydroxyl groups is 3. The van der Waals surface area contributed by atoms with Gasteiger partial charge in [0.25, 0.3) is 0 Å². The maximum atomic E-state index is 12.7. The van der Waals surface area contributed by atoms with Crippen LogP contribution in [0.3, 0.4) is 0 Å². The Morgan fingerprint density at radius 2 is 1.77 bits per heavy atom. The van der Waals surface area contributed by atoms with E-state index in [1.807, 2.05) is 19.1 Å². The highest BCUT2D eigenvalue weighted by Crippen LogP contribution is 2.61. The molecule has 0 aromatic carbocycles. The van der Waals surface area contributed by atoms with E-state index < -0.39 is 90.7 Å². The third kappa shape index (κ3) is 16.6. The standard InChI is InChI=1S/C35H56N7O19P3S/c1-4-5-6-7-22-20(8-9-23(22)44)14-21(43)15-26(46)65-13-12-37-25(45)10-11-38-33(49)30(48)35(2,3)17-58-64(55,56)61-63(53,54)57-16-24-29(60-62(50,51)52)28(47)34(59-24)42-19-41-27-31(36)39-18-40-32(27)42/h5-6,18-22,24,28-30,34,43,47-48H,4,7-17H2,1-3H3,(H,37,45)(H,38,49)(H,53,54)(H,55,56)(H2,36,39,40)(H2,50,51,52)/b6-5-/t20-,21?,22+,24-,28-,29-,30+,34-/m1/s1. The largest absolute Gasteiger partial charge is 0.481 e. The normalized spacial score (nSPS) is 24.5. The number of nitrogens with one attached hydrogen (secondary N) is 2. The average Bonchev–Trinajstić information content (AvgIpc) is 3.88. The van der Waals surface area contributed by atoms with Crippen molar-refractivity contribution in [3.8, 4) is 0 Å². The minimum atomic E-state index is -5.60. The highest BCUT2D eigenvalue weighted by atomic mass is 32.2. The number of phosphoric ester groups is 3. The molecule has 1 saturated carbocycles. The molecular formula is C35H56N7O19P3S. The third-order valence-corrected chi connectivity index (χ3v) is 14.3. The number of nitrogen functional groups attached to an aromatic ring is 1. The number of allylic oxidation sites excluding steroid dienone is 2. The van der Waals surface area contributed by atoms with Gasteiger partial charge < -0.3 is 56.0 Å². The molecule has 4 rings (SSSR count). The lowest BCUT2D eigenvalue weighted by atomic mass is 9.87. The van der Waals surface area contributed by atoms with E-state index >= 15 is 0 Å². The first-order valence-electron chi connectivity index (χ1n) is 20.2. The van der Waals surface area contributed by atoms with Gasteiger partial charge in [-0.3, -0.25) is 37.3 Å². The number of aromatic nitrogens is 4. The Hall–Kier alpha value is -3.07. The summed E-state index contributed by atoms with van der Waals surface area (Å²) in [5.41, 5.74) is 4.22. The fourth-order valence-corrected chi connectivity index (χ4v) is 10.5. The van der Waals surface area contributed by atoms with E-state index in [4.69, 9.17) is 19.5 Å².